The van der Waals surface area contributed by atoms with Gasteiger partial charge >= 0.3 is 0 Å². The number of amides is 1. The van der Waals surface area contributed by atoms with Crippen LogP contribution in [0.2, 0.25) is 0 Å². The van der Waals surface area contributed by atoms with Crippen molar-refractivity contribution in [3.63, 3.8) is 0 Å². The van der Waals surface area contributed by atoms with Crippen molar-refractivity contribution in [3.05, 3.63) is 22.4 Å². The number of nitrogens with zero attached hydrogens (tertiary/aromatic N) is 1. The molecule has 1 aliphatic rings. The van der Waals surface area contributed by atoms with Gasteiger partial charge in [0, 0.05) is 18.6 Å². The van der Waals surface area contributed by atoms with Gasteiger partial charge in [0.2, 0.25) is 0 Å². The monoisotopic (exact) mass is 238 g/mol. The molecule has 0 aromatic carbocycles. The Hall–Kier alpha value is -0.870. The van der Waals surface area contributed by atoms with Crippen molar-refractivity contribution in [3.8, 4) is 0 Å². The molecule has 0 radical (unpaired) electrons. The van der Waals surface area contributed by atoms with Crippen molar-refractivity contribution in [2.75, 3.05) is 13.6 Å². The second kappa shape index (κ2) is 4.97. The molecule has 1 aromatic rings. The fourth-order valence-corrected chi connectivity index (χ4v) is 2.71. The van der Waals surface area contributed by atoms with Crippen molar-refractivity contribution in [2.24, 2.45) is 0 Å². The standard InChI is InChI=1S/C12H18N2OS/c1-9-8-10(5-6-14(9)2)13-12(15)11-4-3-7-16-11/h3-4,7,9-10H,5-6,8H2,1-2H3,(H,13,15). The molecule has 1 amide bonds. The van der Waals surface area contributed by atoms with E-state index < -0.39 is 0 Å². The lowest BCUT2D eigenvalue weighted by Crippen LogP contribution is -2.47. The van der Waals surface area contributed by atoms with Crippen LogP contribution in [0.4, 0.5) is 0 Å². The third-order valence-electron chi connectivity index (χ3n) is 3.29. The summed E-state index contributed by atoms with van der Waals surface area (Å²) in [6, 6.07) is 4.68. The van der Waals surface area contributed by atoms with Crippen LogP contribution in [0.1, 0.15) is 29.4 Å². The summed E-state index contributed by atoms with van der Waals surface area (Å²) in [4.78, 5) is 15.0. The highest BCUT2D eigenvalue weighted by Crippen LogP contribution is 2.16. The SMILES string of the molecule is CC1CC(NC(=O)c2cccs2)CCN1C. The highest BCUT2D eigenvalue weighted by molar-refractivity contribution is 7.12. The second-order valence-corrected chi connectivity index (χ2v) is 5.45. The van der Waals surface area contributed by atoms with Gasteiger partial charge in [0.05, 0.1) is 4.88 Å². The van der Waals surface area contributed by atoms with Crippen molar-refractivity contribution in [1.29, 1.82) is 0 Å². The van der Waals surface area contributed by atoms with Gasteiger partial charge in [-0.3, -0.25) is 4.79 Å². The van der Waals surface area contributed by atoms with Gasteiger partial charge in [0.15, 0.2) is 0 Å². The van der Waals surface area contributed by atoms with E-state index in [4.69, 9.17) is 0 Å². The van der Waals surface area contributed by atoms with Gasteiger partial charge in [-0.1, -0.05) is 6.07 Å². The van der Waals surface area contributed by atoms with Crippen LogP contribution in [-0.4, -0.2) is 36.5 Å². The molecule has 1 aromatic heterocycles. The molecule has 1 saturated heterocycles. The summed E-state index contributed by atoms with van der Waals surface area (Å²) in [5.41, 5.74) is 0. The zero-order chi connectivity index (χ0) is 11.5. The Bertz CT molecular complexity index is 350. The molecule has 3 nitrogen and oxygen atoms in total. The molecule has 2 rings (SSSR count). The van der Waals surface area contributed by atoms with Crippen LogP contribution in [0.15, 0.2) is 17.5 Å². The van der Waals surface area contributed by atoms with Crippen LogP contribution in [0.3, 0.4) is 0 Å². The molecule has 16 heavy (non-hydrogen) atoms. The fraction of sp³-hybridized carbons (Fsp3) is 0.583. The predicted molar refractivity (Wildman–Crippen MR) is 66.9 cm³/mol. The van der Waals surface area contributed by atoms with Gasteiger partial charge in [-0.25, -0.2) is 0 Å². The topological polar surface area (TPSA) is 32.3 Å². The van der Waals surface area contributed by atoms with Gasteiger partial charge in [-0.2, -0.15) is 0 Å². The predicted octanol–water partition coefficient (Wildman–Crippen LogP) is 1.96. The average Bonchev–Trinajstić information content (AvgIpc) is 2.77. The normalized spacial score (nSPS) is 26.6. The van der Waals surface area contributed by atoms with Crippen LogP contribution in [0.25, 0.3) is 0 Å². The van der Waals surface area contributed by atoms with E-state index in [0.29, 0.717) is 12.1 Å². The first-order valence-electron chi connectivity index (χ1n) is 5.71. The molecule has 1 aliphatic heterocycles. The van der Waals surface area contributed by atoms with Gasteiger partial charge in [-0.05, 0) is 38.3 Å². The van der Waals surface area contributed by atoms with Crippen LogP contribution in [0, 0.1) is 0 Å². The average molecular weight is 238 g/mol. The first kappa shape index (κ1) is 11.6. The number of hydrogen-bond acceptors (Lipinski definition) is 3. The molecule has 0 bridgehead atoms. The highest BCUT2D eigenvalue weighted by Gasteiger charge is 2.24. The van der Waals surface area contributed by atoms with Gasteiger partial charge in [0.1, 0.15) is 0 Å². The minimum absolute atomic E-state index is 0.0803. The molecular formula is C12H18N2OS. The first-order valence-corrected chi connectivity index (χ1v) is 6.59. The van der Waals surface area contributed by atoms with Crippen molar-refractivity contribution >= 4 is 17.2 Å². The summed E-state index contributed by atoms with van der Waals surface area (Å²) < 4.78 is 0. The summed E-state index contributed by atoms with van der Waals surface area (Å²) in [6.45, 7) is 3.28. The van der Waals surface area contributed by atoms with E-state index in [9.17, 15) is 4.79 Å². The van der Waals surface area contributed by atoms with Gasteiger partial charge in [-0.15, -0.1) is 11.3 Å². The lowest BCUT2D eigenvalue weighted by Gasteiger charge is -2.35. The first-order chi connectivity index (χ1) is 7.66. The Kier molecular flexibility index (Phi) is 3.61. The van der Waals surface area contributed by atoms with Crippen LogP contribution < -0.4 is 5.32 Å². The Morgan fingerprint density at radius 1 is 1.62 bits per heavy atom. The highest BCUT2D eigenvalue weighted by atomic mass is 32.1. The number of carbonyl (C=O) groups excluding carboxylic acids is 1. The maximum Gasteiger partial charge on any atom is 0.261 e. The number of likely N-dealkylation sites (tertiary alicyclic amines) is 1. The number of piperidine rings is 1. The van der Waals surface area contributed by atoms with Crippen LogP contribution >= 0.6 is 11.3 Å². The third kappa shape index (κ3) is 2.62. The summed E-state index contributed by atoms with van der Waals surface area (Å²) in [5, 5.41) is 5.05. The molecule has 2 unspecified atom stereocenters. The van der Waals surface area contributed by atoms with Gasteiger partial charge < -0.3 is 10.2 Å². The minimum Gasteiger partial charge on any atom is -0.349 e. The minimum atomic E-state index is 0.0803. The number of thiophene rings is 1. The molecule has 88 valence electrons. The maximum atomic E-state index is 11.8. The van der Waals surface area contributed by atoms with Crippen LogP contribution in [-0.2, 0) is 0 Å². The zero-order valence-corrected chi connectivity index (χ0v) is 10.6. The molecular weight excluding hydrogens is 220 g/mol. The number of rotatable bonds is 2. The van der Waals surface area contributed by atoms with E-state index in [1.165, 1.54) is 11.3 Å². The summed E-state index contributed by atoms with van der Waals surface area (Å²) in [7, 11) is 2.14. The zero-order valence-electron chi connectivity index (χ0n) is 9.77. The summed E-state index contributed by atoms with van der Waals surface area (Å²) in [6.07, 6.45) is 2.10. The fourth-order valence-electron chi connectivity index (χ4n) is 2.08. The smallest absolute Gasteiger partial charge is 0.261 e. The van der Waals surface area contributed by atoms with E-state index in [-0.39, 0.29) is 5.91 Å². The van der Waals surface area contributed by atoms with E-state index >= 15 is 0 Å². The summed E-state index contributed by atoms with van der Waals surface area (Å²) in [5.74, 6) is 0.0803. The molecule has 2 heterocycles. The Morgan fingerprint density at radius 2 is 2.44 bits per heavy atom. The molecule has 1 fully saturated rings. The van der Waals surface area contributed by atoms with E-state index in [1.54, 1.807) is 0 Å². The largest absolute Gasteiger partial charge is 0.349 e. The molecule has 4 heteroatoms. The maximum absolute atomic E-state index is 11.8. The van der Waals surface area contributed by atoms with E-state index in [2.05, 4.69) is 24.2 Å². The van der Waals surface area contributed by atoms with Crippen molar-refractivity contribution in [1.82, 2.24) is 10.2 Å². The molecule has 0 spiro atoms. The number of hydrogen-bond donors (Lipinski definition) is 1. The number of nitrogens with one attached hydrogen (secondary N) is 1. The van der Waals surface area contributed by atoms with Gasteiger partial charge in [0.25, 0.3) is 5.91 Å². The Morgan fingerprint density at radius 3 is 3.06 bits per heavy atom. The van der Waals surface area contributed by atoms with Crippen molar-refractivity contribution < 1.29 is 4.79 Å². The van der Waals surface area contributed by atoms with E-state index in [1.807, 2.05) is 17.5 Å². The molecule has 2 atom stereocenters. The van der Waals surface area contributed by atoms with Crippen LogP contribution in [0.5, 0.6) is 0 Å². The van der Waals surface area contributed by atoms with Crippen molar-refractivity contribution in [2.45, 2.75) is 31.8 Å². The molecule has 1 N–H and O–H groups in total. The lowest BCUT2D eigenvalue weighted by molar-refractivity contribution is 0.0900. The Labute approximate surface area is 100 Å². The summed E-state index contributed by atoms with van der Waals surface area (Å²) >= 11 is 1.50. The quantitative estimate of drug-likeness (QED) is 0.854. The molecule has 0 aliphatic carbocycles. The number of carbonyl (C=O) groups is 1. The Balaban J connectivity index is 1.89. The lowest BCUT2D eigenvalue weighted by atomic mass is 9.99. The third-order valence-corrected chi connectivity index (χ3v) is 4.16. The molecule has 0 saturated carbocycles. The second-order valence-electron chi connectivity index (χ2n) is 4.50. The van der Waals surface area contributed by atoms with E-state index in [0.717, 1.165) is 24.3 Å².